The molecule has 2 rings (SSSR count). The van der Waals surface area contributed by atoms with E-state index < -0.39 is 9.96 Å². The lowest BCUT2D eigenvalue weighted by molar-refractivity contribution is -0.122. The normalized spacial score (nSPS) is 12.4. The molecule has 0 unspecified atom stereocenters. The summed E-state index contributed by atoms with van der Waals surface area (Å²) in [5.74, 6) is -0.182. The van der Waals surface area contributed by atoms with Gasteiger partial charge in [-0.05, 0) is 30.1 Å². The topological polar surface area (TPSA) is 53.2 Å². The number of unbranched alkanes of at least 4 members (excludes halogenated alkanes) is 4. The fourth-order valence-corrected chi connectivity index (χ4v) is 3.50. The van der Waals surface area contributed by atoms with Gasteiger partial charge >= 0.3 is 0 Å². The van der Waals surface area contributed by atoms with E-state index in [1.54, 1.807) is 0 Å². The molecule has 0 aliphatic carbocycles. The number of nitrogens with one attached hydrogen (secondary N) is 3. The molecule has 0 aromatic heterocycles. The van der Waals surface area contributed by atoms with E-state index in [2.05, 4.69) is 22.9 Å². The fourth-order valence-electron chi connectivity index (χ4n) is 2.95. The van der Waals surface area contributed by atoms with Crippen LogP contribution in [0.3, 0.4) is 0 Å². The lowest BCUT2D eigenvalue weighted by Gasteiger charge is -2.28. The second-order valence-electron chi connectivity index (χ2n) is 6.83. The minimum absolute atomic E-state index is 0.182. The van der Waals surface area contributed by atoms with E-state index in [1.807, 2.05) is 42.5 Å². The van der Waals surface area contributed by atoms with E-state index in [0.717, 1.165) is 42.1 Å². The van der Waals surface area contributed by atoms with Crippen molar-refractivity contribution in [3.05, 3.63) is 42.5 Å². The Morgan fingerprint density at radius 1 is 1.00 bits per heavy atom. The predicted octanol–water partition coefficient (Wildman–Crippen LogP) is 6.30. The highest BCUT2D eigenvalue weighted by molar-refractivity contribution is 7.80. The van der Waals surface area contributed by atoms with Gasteiger partial charge in [-0.1, -0.05) is 104 Å². The molecule has 0 spiro atoms. The molecule has 0 heterocycles. The molecule has 0 fully saturated rings. The number of halogens is 3. The van der Waals surface area contributed by atoms with Gasteiger partial charge in [0.15, 0.2) is 5.11 Å². The van der Waals surface area contributed by atoms with Crippen molar-refractivity contribution in [1.82, 2.24) is 10.6 Å². The number of thiocarbonyl (C=S) groups is 1. The summed E-state index contributed by atoms with van der Waals surface area (Å²) in [5.41, 5.74) is 0.825. The molecule has 0 radical (unpaired) electrons. The molecule has 29 heavy (non-hydrogen) atoms. The zero-order chi connectivity index (χ0) is 21.3. The van der Waals surface area contributed by atoms with Crippen LogP contribution in [0.1, 0.15) is 45.4 Å². The zero-order valence-electron chi connectivity index (χ0n) is 16.3. The van der Waals surface area contributed by atoms with Crippen LogP contribution in [0.4, 0.5) is 5.69 Å². The Morgan fingerprint density at radius 3 is 2.41 bits per heavy atom. The van der Waals surface area contributed by atoms with Crippen LogP contribution >= 0.6 is 47.0 Å². The predicted molar refractivity (Wildman–Crippen MR) is 129 cm³/mol. The molecule has 2 aromatic rings. The van der Waals surface area contributed by atoms with Crippen LogP contribution in [0.25, 0.3) is 10.8 Å². The van der Waals surface area contributed by atoms with Crippen molar-refractivity contribution < 1.29 is 4.79 Å². The van der Waals surface area contributed by atoms with Crippen molar-refractivity contribution in [2.24, 2.45) is 0 Å². The van der Waals surface area contributed by atoms with Gasteiger partial charge in [-0.2, -0.15) is 0 Å². The number of anilines is 1. The van der Waals surface area contributed by atoms with Gasteiger partial charge in [0.1, 0.15) is 6.17 Å². The number of hydrogen-bond acceptors (Lipinski definition) is 2. The largest absolute Gasteiger partial charge is 0.339 e. The Bertz CT molecular complexity index is 821. The van der Waals surface area contributed by atoms with Gasteiger partial charge in [-0.25, -0.2) is 0 Å². The van der Waals surface area contributed by atoms with Crippen LogP contribution in [0, 0.1) is 0 Å². The molecule has 1 amide bonds. The summed E-state index contributed by atoms with van der Waals surface area (Å²) >= 11 is 23.5. The second kappa shape index (κ2) is 11.8. The molecule has 2 aromatic carbocycles. The third kappa shape index (κ3) is 8.17. The Balaban J connectivity index is 1.95. The van der Waals surface area contributed by atoms with Crippen LogP contribution in [-0.2, 0) is 4.79 Å². The van der Waals surface area contributed by atoms with E-state index in [9.17, 15) is 4.79 Å². The molecule has 0 aliphatic heterocycles. The summed E-state index contributed by atoms with van der Waals surface area (Å²) in [7, 11) is 0. The lowest BCUT2D eigenvalue weighted by atomic mass is 10.1. The lowest BCUT2D eigenvalue weighted by Crippen LogP contribution is -2.56. The van der Waals surface area contributed by atoms with Crippen LogP contribution in [0.2, 0.25) is 0 Å². The van der Waals surface area contributed by atoms with Crippen LogP contribution in [-0.4, -0.2) is 21.0 Å². The molecule has 0 aliphatic rings. The maximum Gasteiger partial charge on any atom is 0.228 e. The minimum atomic E-state index is -1.76. The Morgan fingerprint density at radius 2 is 1.69 bits per heavy atom. The van der Waals surface area contributed by atoms with Crippen LogP contribution in [0.15, 0.2) is 42.5 Å². The van der Waals surface area contributed by atoms with Crippen molar-refractivity contribution in [3.63, 3.8) is 0 Å². The second-order valence-corrected chi connectivity index (χ2v) is 9.61. The van der Waals surface area contributed by atoms with Gasteiger partial charge in [0.2, 0.25) is 9.70 Å². The first kappa shape index (κ1) is 24.0. The number of alkyl halides is 3. The molecule has 8 heteroatoms. The van der Waals surface area contributed by atoms with Gasteiger partial charge in [0, 0.05) is 17.5 Å². The first-order valence-electron chi connectivity index (χ1n) is 9.72. The molecule has 158 valence electrons. The maximum absolute atomic E-state index is 12.3. The third-order valence-corrected chi connectivity index (χ3v) is 5.33. The highest BCUT2D eigenvalue weighted by atomic mass is 35.6. The molecule has 0 bridgehead atoms. The van der Waals surface area contributed by atoms with Gasteiger partial charge in [0.05, 0.1) is 0 Å². The average Bonchev–Trinajstić information content (AvgIpc) is 2.67. The van der Waals surface area contributed by atoms with E-state index in [4.69, 9.17) is 47.0 Å². The Kier molecular flexibility index (Phi) is 9.76. The number of benzene rings is 2. The van der Waals surface area contributed by atoms with E-state index >= 15 is 0 Å². The Hall–Kier alpha value is -1.27. The standard InChI is InChI=1S/C21H26Cl3N3OS/c1-2-3-4-5-6-14-18(28)26-19(21(22,23)24)27-20(29)25-17-13-9-11-15-10-7-8-12-16(15)17/h7-13,19H,2-6,14H2,1H3,(H,26,28)(H2,25,27,29)/t19-/m0/s1. The number of carbonyl (C=O) groups excluding carboxylic acids is 1. The van der Waals surface area contributed by atoms with Crippen molar-refractivity contribution in [2.75, 3.05) is 5.32 Å². The summed E-state index contributed by atoms with van der Waals surface area (Å²) in [4.78, 5) is 12.3. The number of hydrogen-bond donors (Lipinski definition) is 3. The summed E-state index contributed by atoms with van der Waals surface area (Å²) in [6.07, 6.45) is 4.69. The van der Waals surface area contributed by atoms with E-state index in [-0.39, 0.29) is 11.0 Å². The van der Waals surface area contributed by atoms with Crippen molar-refractivity contribution in [2.45, 2.75) is 55.4 Å². The average molecular weight is 475 g/mol. The maximum atomic E-state index is 12.3. The van der Waals surface area contributed by atoms with Crippen LogP contribution < -0.4 is 16.0 Å². The smallest absolute Gasteiger partial charge is 0.228 e. The van der Waals surface area contributed by atoms with Gasteiger partial charge in [-0.15, -0.1) is 0 Å². The molecule has 0 saturated heterocycles. The quantitative estimate of drug-likeness (QED) is 0.173. The SMILES string of the molecule is CCCCCCCC(=O)N[C@@H](NC(=S)Nc1cccc2ccccc12)C(Cl)(Cl)Cl. The zero-order valence-corrected chi connectivity index (χ0v) is 19.4. The molecule has 4 nitrogen and oxygen atoms in total. The van der Waals surface area contributed by atoms with Crippen LogP contribution in [0.5, 0.6) is 0 Å². The molecule has 1 atom stereocenters. The molecular formula is C21H26Cl3N3OS. The summed E-state index contributed by atoms with van der Waals surface area (Å²) in [6.45, 7) is 2.15. The summed E-state index contributed by atoms with van der Waals surface area (Å²) in [6, 6.07) is 13.8. The third-order valence-electron chi connectivity index (χ3n) is 4.45. The number of rotatable bonds is 9. The summed E-state index contributed by atoms with van der Waals surface area (Å²) < 4.78 is -1.76. The van der Waals surface area contributed by atoms with Gasteiger partial charge in [-0.3, -0.25) is 4.79 Å². The van der Waals surface area contributed by atoms with Crippen molar-refractivity contribution in [3.8, 4) is 0 Å². The van der Waals surface area contributed by atoms with Gasteiger partial charge < -0.3 is 16.0 Å². The number of carbonyl (C=O) groups is 1. The molecule has 3 N–H and O–H groups in total. The number of amides is 1. The summed E-state index contributed by atoms with van der Waals surface area (Å²) in [5, 5.41) is 11.1. The van der Waals surface area contributed by atoms with E-state index in [1.165, 1.54) is 6.42 Å². The first-order chi connectivity index (χ1) is 13.8. The highest BCUT2D eigenvalue weighted by Gasteiger charge is 2.34. The van der Waals surface area contributed by atoms with E-state index in [0.29, 0.717) is 6.42 Å². The first-order valence-corrected chi connectivity index (χ1v) is 11.3. The monoisotopic (exact) mass is 473 g/mol. The number of fused-ring (bicyclic) bond motifs is 1. The van der Waals surface area contributed by atoms with Crippen molar-refractivity contribution in [1.29, 1.82) is 0 Å². The molecular weight excluding hydrogens is 449 g/mol. The highest BCUT2D eigenvalue weighted by Crippen LogP contribution is 2.29. The van der Waals surface area contributed by atoms with Gasteiger partial charge in [0.25, 0.3) is 0 Å². The van der Waals surface area contributed by atoms with Crippen molar-refractivity contribution >= 4 is 74.5 Å². The molecule has 0 saturated carbocycles. The fraction of sp³-hybridized carbons (Fsp3) is 0.429. The minimum Gasteiger partial charge on any atom is -0.339 e. The Labute approximate surface area is 192 Å².